The molecule has 0 heterocycles. The van der Waals surface area contributed by atoms with Crippen molar-refractivity contribution in [1.29, 1.82) is 0 Å². The van der Waals surface area contributed by atoms with E-state index in [1.165, 1.54) is 5.56 Å². The molecule has 1 nitrogen and oxygen atoms in total. The van der Waals surface area contributed by atoms with Gasteiger partial charge in [0, 0.05) is 6.42 Å². The fourth-order valence-corrected chi connectivity index (χ4v) is 1.92. The molecule has 0 aliphatic heterocycles. The van der Waals surface area contributed by atoms with Gasteiger partial charge in [-0.1, -0.05) is 50.3 Å². The molecule has 1 rings (SSSR count). The molecule has 120 valence electrons. The Balaban J connectivity index is 0. The van der Waals surface area contributed by atoms with Crippen LogP contribution in [0.2, 0.25) is 0 Å². The van der Waals surface area contributed by atoms with E-state index in [1.54, 1.807) is 6.08 Å². The molecule has 0 aromatic heterocycles. The summed E-state index contributed by atoms with van der Waals surface area (Å²) in [7, 11) is 0. The molecular weight excluding hydrogens is 739 g/mol. The first-order chi connectivity index (χ1) is 9.38. The van der Waals surface area contributed by atoms with Crippen LogP contribution in [0, 0.1) is 30.9 Å². The predicted octanol–water partition coefficient (Wildman–Crippen LogP) is 3.44. The van der Waals surface area contributed by atoms with Crippen LogP contribution in [0.5, 0.6) is 0 Å². The molecule has 0 saturated carbocycles. The minimum atomic E-state index is -0.0333. The quantitative estimate of drug-likeness (QED) is 0.278. The molecule has 0 atom stereocenters. The zero-order chi connectivity index (χ0) is 15.6. The molecule has 5 heteroatoms. The van der Waals surface area contributed by atoms with Crippen molar-refractivity contribution in [2.24, 2.45) is 5.41 Å². The molecule has 0 radical (unpaired) electrons. The summed E-state index contributed by atoms with van der Waals surface area (Å²) in [4.78, 5) is 0. The first-order valence-electron chi connectivity index (χ1n) is 6.32. The third kappa shape index (κ3) is 11.2. The summed E-state index contributed by atoms with van der Waals surface area (Å²) >= 11 is 5.07. The number of aliphatic hydroxyl groups is 1. The van der Waals surface area contributed by atoms with Gasteiger partial charge in [0.25, 0.3) is 0 Å². The zero-order valence-corrected chi connectivity index (χ0v) is 21.7. The maximum absolute atomic E-state index is 9.94. The van der Waals surface area contributed by atoms with Crippen molar-refractivity contribution in [3.8, 4) is 0 Å². The van der Waals surface area contributed by atoms with Gasteiger partial charge in [-0.3, -0.25) is 0 Å². The van der Waals surface area contributed by atoms with Crippen molar-refractivity contribution in [2.45, 2.75) is 33.6 Å². The van der Waals surface area contributed by atoms with Gasteiger partial charge in [0.1, 0.15) is 0 Å². The molecule has 0 aliphatic carbocycles. The molecule has 1 aromatic carbocycles. The van der Waals surface area contributed by atoms with Crippen LogP contribution < -0.4 is 24.0 Å². The van der Waals surface area contributed by atoms with Crippen LogP contribution in [0.25, 0.3) is 0 Å². The first-order valence-corrected chi connectivity index (χ1v) is 21.4. The van der Waals surface area contributed by atoms with Gasteiger partial charge in [-0.15, -0.1) is 6.58 Å². The molecule has 0 fully saturated rings. The normalized spacial score (nSPS) is 11.5. The van der Waals surface area contributed by atoms with E-state index in [2.05, 4.69) is 61.1 Å². The van der Waals surface area contributed by atoms with Crippen LogP contribution in [-0.2, 0) is 6.42 Å². The predicted molar refractivity (Wildman–Crippen MR) is 102 cm³/mol. The Morgan fingerprint density at radius 1 is 1.29 bits per heavy atom. The van der Waals surface area contributed by atoms with Gasteiger partial charge in [0.2, 0.25) is 0 Å². The standard InChI is InChI=1S/C16H22O.3HI.Sm/c1-5-9-15(17)13(2)16(3,4)12-14-10-7-6-8-11-14;;;;/h5-8,10-11,17H,1,9,12H2,2-4H3;3*1H;/q;;;;+2/p-3/b15-13+;;;;. The van der Waals surface area contributed by atoms with Gasteiger partial charge >= 0.3 is 54.0 Å². The second-order valence-electron chi connectivity index (χ2n) is 5.17. The third-order valence-electron chi connectivity index (χ3n) is 3.27. The monoisotopic (exact) mass is 763 g/mol. The summed E-state index contributed by atoms with van der Waals surface area (Å²) in [6.07, 6.45) is 3.21. The van der Waals surface area contributed by atoms with Crippen molar-refractivity contribution >= 4 is 28.6 Å². The summed E-state index contributed by atoms with van der Waals surface area (Å²) in [5.74, 6) is 0.445. The van der Waals surface area contributed by atoms with Gasteiger partial charge in [-0.25, -0.2) is 0 Å². The van der Waals surface area contributed by atoms with E-state index >= 15 is 0 Å². The Labute approximate surface area is 178 Å². The van der Waals surface area contributed by atoms with E-state index in [0.29, 0.717) is 12.2 Å². The van der Waals surface area contributed by atoms with E-state index in [1.807, 2.05) is 25.1 Å². The Bertz CT molecular complexity index is 430. The van der Waals surface area contributed by atoms with E-state index in [0.717, 1.165) is 12.0 Å². The van der Waals surface area contributed by atoms with Gasteiger partial charge < -0.3 is 29.1 Å². The van der Waals surface area contributed by atoms with Crippen LogP contribution in [0.15, 0.2) is 54.3 Å². The third-order valence-corrected chi connectivity index (χ3v) is 3.27. The number of hydrogen-bond donors (Lipinski definition) is 1. The molecule has 1 aromatic rings. The fourth-order valence-electron chi connectivity index (χ4n) is 1.92. The average Bonchev–Trinajstić information content (AvgIpc) is 2.39. The van der Waals surface area contributed by atoms with E-state index in [4.69, 9.17) is 0 Å². The molecule has 0 saturated heterocycles. The SMILES string of the molecule is C=CC/C(O)=C(/C)C(C)(C)Cc1ccccc1.[I-].[I][Sm][I]. The molecule has 0 unspecified atom stereocenters. The van der Waals surface area contributed by atoms with Crippen LogP contribution in [0.1, 0.15) is 32.8 Å². The van der Waals surface area contributed by atoms with E-state index in [9.17, 15) is 5.11 Å². The van der Waals surface area contributed by atoms with Gasteiger partial charge in [-0.2, -0.15) is 0 Å². The molecule has 1 N–H and O–H groups in total. The number of aliphatic hydroxyl groups excluding tert-OH is 1. The van der Waals surface area contributed by atoms with Crippen LogP contribution in [0.4, 0.5) is 0 Å². The van der Waals surface area contributed by atoms with Gasteiger partial charge in [-0.05, 0) is 29.9 Å². The molecule has 0 aliphatic rings. The van der Waals surface area contributed by atoms with Crippen LogP contribution in [-0.4, -0.2) is 5.11 Å². The Morgan fingerprint density at radius 3 is 2.19 bits per heavy atom. The number of rotatable bonds is 5. The zero-order valence-electron chi connectivity index (χ0n) is 12.6. The molecule has 0 bridgehead atoms. The number of benzene rings is 1. The number of allylic oxidation sites excluding steroid dienone is 2. The second-order valence-corrected chi connectivity index (χ2v) is 24.6. The van der Waals surface area contributed by atoms with Gasteiger partial charge in [0.05, 0.1) is 5.76 Å². The Morgan fingerprint density at radius 2 is 1.76 bits per heavy atom. The van der Waals surface area contributed by atoms with Crippen molar-refractivity contribution < 1.29 is 54.5 Å². The van der Waals surface area contributed by atoms with E-state index in [-0.39, 0.29) is 54.8 Å². The summed E-state index contributed by atoms with van der Waals surface area (Å²) in [5, 5.41) is 9.94. The number of halogens is 3. The Kier molecular flexibility index (Phi) is 17.3. The van der Waals surface area contributed by atoms with Crippen molar-refractivity contribution in [2.75, 3.05) is 0 Å². The summed E-state index contributed by atoms with van der Waals surface area (Å²) < 4.78 is 0. The number of hydrogen-bond acceptors (Lipinski definition) is 1. The Hall–Kier alpha value is 2.03. The first kappa shape index (κ1) is 25.3. The van der Waals surface area contributed by atoms with Crippen molar-refractivity contribution in [1.82, 2.24) is 0 Å². The summed E-state index contributed by atoms with van der Waals surface area (Å²) in [6.45, 7) is 9.98. The van der Waals surface area contributed by atoms with Crippen LogP contribution >= 0.6 is 28.6 Å². The molecular formula is C16H22I3OSm-. The molecule has 0 amide bonds. The minimum absolute atomic E-state index is 0. The van der Waals surface area contributed by atoms with E-state index < -0.39 is 0 Å². The van der Waals surface area contributed by atoms with Crippen molar-refractivity contribution in [3.63, 3.8) is 0 Å². The fraction of sp³-hybridized carbons (Fsp3) is 0.375. The van der Waals surface area contributed by atoms with Crippen molar-refractivity contribution in [3.05, 3.63) is 59.9 Å². The summed E-state index contributed by atoms with van der Waals surface area (Å²) in [5.41, 5.74) is 2.30. The van der Waals surface area contributed by atoms with Crippen LogP contribution in [0.3, 0.4) is 0 Å². The molecule has 21 heavy (non-hydrogen) atoms. The topological polar surface area (TPSA) is 20.2 Å². The summed E-state index contributed by atoms with van der Waals surface area (Å²) in [6, 6.07) is 10.4. The average molecular weight is 761 g/mol. The maximum atomic E-state index is 9.94. The molecule has 0 spiro atoms. The van der Waals surface area contributed by atoms with Gasteiger partial charge in [0.15, 0.2) is 0 Å². The second kappa shape index (κ2) is 14.4.